The number of nitrogens with zero attached hydrogens (tertiary/aromatic N) is 4. The average Bonchev–Trinajstić information content (AvgIpc) is 3.21. The first kappa shape index (κ1) is 20.3. The Morgan fingerprint density at radius 3 is 2.18 bits per heavy atom. The molecule has 148 valence electrons. The number of benzene rings is 2. The third-order valence-electron chi connectivity index (χ3n) is 4.41. The minimum absolute atomic E-state index is 0.254. The Hall–Kier alpha value is -2.45. The van der Waals surface area contributed by atoms with E-state index in [2.05, 4.69) is 26.1 Å². The maximum absolute atomic E-state index is 13.2. The summed E-state index contributed by atoms with van der Waals surface area (Å²) < 4.78 is 41.5. The van der Waals surface area contributed by atoms with Crippen molar-refractivity contribution in [2.45, 2.75) is 6.92 Å². The van der Waals surface area contributed by atoms with E-state index in [1.165, 1.54) is 35.8 Å². The summed E-state index contributed by atoms with van der Waals surface area (Å²) in [5, 5.41) is 0.931. The molecule has 3 aromatic rings. The molecule has 1 aliphatic heterocycles. The molecule has 4 rings (SSSR count). The third kappa shape index (κ3) is 5.30. The smallest absolute Gasteiger partial charge is 0.205 e. The molecule has 2 aromatic carbocycles. The molecule has 0 bridgehead atoms. The van der Waals surface area contributed by atoms with Crippen LogP contribution in [0.1, 0.15) is 6.92 Å². The monoisotopic (exact) mass is 406 g/mol. The molecule has 0 amide bonds. The topological polar surface area (TPSA) is 32.3 Å². The molecule has 1 saturated heterocycles. The highest BCUT2D eigenvalue weighted by atomic mass is 32.1. The lowest BCUT2D eigenvalue weighted by molar-refractivity contribution is 0.271. The van der Waals surface area contributed by atoms with Gasteiger partial charge in [-0.25, -0.2) is 13.2 Å². The Kier molecular flexibility index (Phi) is 7.00. The Balaban J connectivity index is 0.000000236. The van der Waals surface area contributed by atoms with Crippen LogP contribution in [-0.4, -0.2) is 47.0 Å². The molecule has 0 radical (unpaired) electrons. The van der Waals surface area contributed by atoms with E-state index >= 15 is 0 Å². The number of piperazine rings is 1. The van der Waals surface area contributed by atoms with Crippen LogP contribution in [0.4, 0.5) is 18.3 Å². The summed E-state index contributed by atoms with van der Waals surface area (Å²) in [5.41, 5.74) is 0.736. The van der Waals surface area contributed by atoms with Gasteiger partial charge in [-0.15, -0.1) is 0 Å². The fourth-order valence-corrected chi connectivity index (χ4v) is 3.52. The van der Waals surface area contributed by atoms with Gasteiger partial charge in [0.05, 0.1) is 0 Å². The lowest BCUT2D eigenvalue weighted by Crippen LogP contribution is -2.46. The first-order valence-electron chi connectivity index (χ1n) is 9.04. The number of rotatable bonds is 3. The summed E-state index contributed by atoms with van der Waals surface area (Å²) in [5.74, 6) is -1.24. The van der Waals surface area contributed by atoms with Gasteiger partial charge in [0, 0.05) is 43.3 Å². The molecule has 1 aliphatic rings. The molecule has 4 nitrogen and oxygen atoms in total. The SMILES string of the molecule is CCN1CCN(c2nc(-c3cccc(F)c3)ns2)CC1.Fc1ccccc1F. The zero-order chi connectivity index (χ0) is 19.9. The zero-order valence-electron chi connectivity index (χ0n) is 15.5. The van der Waals surface area contributed by atoms with Crippen LogP contribution in [-0.2, 0) is 0 Å². The van der Waals surface area contributed by atoms with E-state index in [1.54, 1.807) is 6.07 Å². The van der Waals surface area contributed by atoms with Crippen LogP contribution in [0.3, 0.4) is 0 Å². The van der Waals surface area contributed by atoms with Crippen molar-refractivity contribution in [2.75, 3.05) is 37.6 Å². The molecular formula is C20H21F3N4S. The summed E-state index contributed by atoms with van der Waals surface area (Å²) >= 11 is 1.39. The van der Waals surface area contributed by atoms with Crippen LogP contribution in [0.5, 0.6) is 0 Å². The molecule has 1 fully saturated rings. The summed E-state index contributed by atoms with van der Waals surface area (Å²) in [6.07, 6.45) is 0. The Labute approximate surface area is 166 Å². The molecule has 1 aromatic heterocycles. The Morgan fingerprint density at radius 1 is 0.929 bits per heavy atom. The molecule has 0 N–H and O–H groups in total. The van der Waals surface area contributed by atoms with Crippen molar-refractivity contribution < 1.29 is 13.2 Å². The van der Waals surface area contributed by atoms with Crippen LogP contribution in [0, 0.1) is 17.5 Å². The molecule has 0 spiro atoms. The standard InChI is InChI=1S/C14H17FN4S.C6H4F2/c1-2-18-6-8-19(9-7-18)14-16-13(17-20-14)11-4-3-5-12(15)10-11;7-5-3-1-2-4-6(5)8/h3-5,10H,2,6-9H2,1H3;1-4H. The van der Waals surface area contributed by atoms with E-state index in [4.69, 9.17) is 0 Å². The van der Waals surface area contributed by atoms with Gasteiger partial charge < -0.3 is 9.80 Å². The highest BCUT2D eigenvalue weighted by molar-refractivity contribution is 7.09. The number of aromatic nitrogens is 2. The Bertz CT molecular complexity index is 873. The van der Waals surface area contributed by atoms with Crippen molar-refractivity contribution in [3.8, 4) is 11.4 Å². The number of hydrogen-bond acceptors (Lipinski definition) is 5. The largest absolute Gasteiger partial charge is 0.344 e. The van der Waals surface area contributed by atoms with Crippen LogP contribution < -0.4 is 4.90 Å². The van der Waals surface area contributed by atoms with E-state index in [0.717, 1.165) is 55.6 Å². The van der Waals surface area contributed by atoms with Gasteiger partial charge in [-0.1, -0.05) is 31.2 Å². The summed E-state index contributed by atoms with van der Waals surface area (Å²) in [7, 11) is 0. The fraction of sp³-hybridized carbons (Fsp3) is 0.300. The van der Waals surface area contributed by atoms with Crippen LogP contribution in [0.15, 0.2) is 48.5 Å². The number of halogens is 3. The molecule has 0 atom stereocenters. The quantitative estimate of drug-likeness (QED) is 0.643. The highest BCUT2D eigenvalue weighted by Crippen LogP contribution is 2.25. The maximum Gasteiger partial charge on any atom is 0.205 e. The van der Waals surface area contributed by atoms with E-state index in [0.29, 0.717) is 5.82 Å². The first-order chi connectivity index (χ1) is 13.6. The molecular weight excluding hydrogens is 385 g/mol. The second-order valence-electron chi connectivity index (χ2n) is 6.25. The van der Waals surface area contributed by atoms with Gasteiger partial charge in [0.25, 0.3) is 0 Å². The van der Waals surface area contributed by atoms with E-state index < -0.39 is 11.6 Å². The second kappa shape index (κ2) is 9.66. The molecule has 0 aliphatic carbocycles. The molecule has 2 heterocycles. The van der Waals surface area contributed by atoms with Crippen molar-refractivity contribution in [1.29, 1.82) is 0 Å². The third-order valence-corrected chi connectivity index (χ3v) is 5.19. The highest BCUT2D eigenvalue weighted by Gasteiger charge is 2.19. The predicted octanol–water partition coefficient (Wildman–Crippen LogP) is 4.45. The molecule has 0 saturated carbocycles. The lowest BCUT2D eigenvalue weighted by atomic mass is 10.2. The van der Waals surface area contributed by atoms with Crippen LogP contribution in [0.25, 0.3) is 11.4 Å². The van der Waals surface area contributed by atoms with E-state index in [1.807, 2.05) is 6.07 Å². The normalized spacial score (nSPS) is 14.5. The van der Waals surface area contributed by atoms with Gasteiger partial charge in [0.1, 0.15) is 5.82 Å². The van der Waals surface area contributed by atoms with Crippen molar-refractivity contribution in [2.24, 2.45) is 0 Å². The lowest BCUT2D eigenvalue weighted by Gasteiger charge is -2.33. The van der Waals surface area contributed by atoms with Gasteiger partial charge in [-0.2, -0.15) is 9.36 Å². The van der Waals surface area contributed by atoms with E-state index in [9.17, 15) is 13.2 Å². The number of likely N-dealkylation sites (N-methyl/N-ethyl adjacent to an activating group) is 1. The van der Waals surface area contributed by atoms with Crippen LogP contribution >= 0.6 is 11.5 Å². The van der Waals surface area contributed by atoms with Gasteiger partial charge in [0.15, 0.2) is 17.5 Å². The summed E-state index contributed by atoms with van der Waals surface area (Å²) in [6.45, 7) is 7.36. The molecule has 0 unspecified atom stereocenters. The second-order valence-corrected chi connectivity index (χ2v) is 6.98. The van der Waals surface area contributed by atoms with Gasteiger partial charge in [-0.05, 0) is 30.8 Å². The maximum atomic E-state index is 13.2. The van der Waals surface area contributed by atoms with Gasteiger partial charge in [0.2, 0.25) is 5.13 Å². The zero-order valence-corrected chi connectivity index (χ0v) is 16.3. The van der Waals surface area contributed by atoms with Crippen molar-refractivity contribution in [3.63, 3.8) is 0 Å². The van der Waals surface area contributed by atoms with E-state index in [-0.39, 0.29) is 5.82 Å². The number of hydrogen-bond donors (Lipinski definition) is 0. The fourth-order valence-electron chi connectivity index (χ4n) is 2.78. The van der Waals surface area contributed by atoms with Crippen molar-refractivity contribution in [1.82, 2.24) is 14.3 Å². The summed E-state index contributed by atoms with van der Waals surface area (Å²) in [4.78, 5) is 9.22. The van der Waals surface area contributed by atoms with Gasteiger partial charge >= 0.3 is 0 Å². The summed E-state index contributed by atoms with van der Waals surface area (Å²) in [6, 6.07) is 11.5. The molecule has 28 heavy (non-hydrogen) atoms. The molecule has 8 heteroatoms. The first-order valence-corrected chi connectivity index (χ1v) is 9.81. The van der Waals surface area contributed by atoms with Crippen molar-refractivity contribution in [3.05, 3.63) is 66.0 Å². The minimum atomic E-state index is -0.799. The predicted molar refractivity (Wildman–Crippen MR) is 106 cm³/mol. The Morgan fingerprint density at radius 2 is 1.61 bits per heavy atom. The average molecular weight is 406 g/mol. The van der Waals surface area contributed by atoms with Crippen molar-refractivity contribution >= 4 is 16.7 Å². The minimum Gasteiger partial charge on any atom is -0.344 e. The van der Waals surface area contributed by atoms with Gasteiger partial charge in [-0.3, -0.25) is 0 Å². The van der Waals surface area contributed by atoms with Crippen LogP contribution in [0.2, 0.25) is 0 Å². The number of anilines is 1.